The van der Waals surface area contributed by atoms with Crippen LogP contribution in [0.25, 0.3) is 11.3 Å². The second kappa shape index (κ2) is 9.69. The predicted octanol–water partition coefficient (Wildman–Crippen LogP) is 4.91. The second-order valence-electron chi connectivity index (χ2n) is 6.24. The summed E-state index contributed by atoms with van der Waals surface area (Å²) in [7, 11) is 3.10. The van der Waals surface area contributed by atoms with Gasteiger partial charge in [-0.2, -0.15) is 13.2 Å². The van der Waals surface area contributed by atoms with Gasteiger partial charge in [0.25, 0.3) is 0 Å². The van der Waals surface area contributed by atoms with Crippen molar-refractivity contribution in [3.8, 4) is 22.8 Å². The lowest BCUT2D eigenvalue weighted by Gasteiger charge is -2.10. The van der Waals surface area contributed by atoms with E-state index in [9.17, 15) is 18.0 Å². The van der Waals surface area contributed by atoms with Crippen molar-refractivity contribution >= 4 is 23.4 Å². The Morgan fingerprint density at radius 2 is 1.84 bits per heavy atom. The summed E-state index contributed by atoms with van der Waals surface area (Å²) in [6.07, 6.45) is -4.47. The normalized spacial score (nSPS) is 11.1. The van der Waals surface area contributed by atoms with Gasteiger partial charge in [0.2, 0.25) is 5.91 Å². The van der Waals surface area contributed by atoms with Crippen LogP contribution in [-0.4, -0.2) is 36.1 Å². The number of benzene rings is 2. The Labute approximate surface area is 180 Å². The quantitative estimate of drug-likeness (QED) is 0.517. The van der Waals surface area contributed by atoms with Gasteiger partial charge in [-0.3, -0.25) is 4.79 Å². The van der Waals surface area contributed by atoms with E-state index in [0.29, 0.717) is 27.8 Å². The van der Waals surface area contributed by atoms with E-state index in [2.05, 4.69) is 15.5 Å². The van der Waals surface area contributed by atoms with Gasteiger partial charge in [0.1, 0.15) is 16.5 Å². The van der Waals surface area contributed by atoms with Crippen LogP contribution in [0.4, 0.5) is 18.9 Å². The Morgan fingerprint density at radius 1 is 1.03 bits per heavy atom. The fourth-order valence-corrected chi connectivity index (χ4v) is 3.28. The van der Waals surface area contributed by atoms with Crippen molar-refractivity contribution in [1.82, 2.24) is 10.2 Å². The topological polar surface area (TPSA) is 73.3 Å². The number of anilines is 1. The van der Waals surface area contributed by atoms with Crippen LogP contribution in [-0.2, 0) is 11.0 Å². The van der Waals surface area contributed by atoms with E-state index in [4.69, 9.17) is 9.47 Å². The van der Waals surface area contributed by atoms with Crippen molar-refractivity contribution < 1.29 is 27.4 Å². The first-order valence-electron chi connectivity index (χ1n) is 8.96. The molecule has 0 atom stereocenters. The van der Waals surface area contributed by atoms with Crippen molar-refractivity contribution in [3.05, 3.63) is 60.2 Å². The average Bonchev–Trinajstić information content (AvgIpc) is 2.77. The zero-order valence-electron chi connectivity index (χ0n) is 16.6. The zero-order valence-corrected chi connectivity index (χ0v) is 17.4. The average molecular weight is 449 g/mol. The van der Waals surface area contributed by atoms with Gasteiger partial charge in [0, 0.05) is 11.3 Å². The van der Waals surface area contributed by atoms with E-state index in [1.165, 1.54) is 12.1 Å². The molecular weight excluding hydrogens is 431 g/mol. The summed E-state index contributed by atoms with van der Waals surface area (Å²) in [5, 5.41) is 11.2. The Morgan fingerprint density at radius 3 is 2.48 bits per heavy atom. The highest BCUT2D eigenvalue weighted by molar-refractivity contribution is 7.99. The monoisotopic (exact) mass is 449 g/mol. The van der Waals surface area contributed by atoms with E-state index < -0.39 is 17.6 Å². The molecule has 0 spiro atoms. The van der Waals surface area contributed by atoms with Gasteiger partial charge in [-0.05, 0) is 48.5 Å². The maximum absolute atomic E-state index is 12.8. The van der Waals surface area contributed by atoms with E-state index in [-0.39, 0.29) is 11.4 Å². The Kier molecular flexibility index (Phi) is 7.01. The van der Waals surface area contributed by atoms with Crippen LogP contribution in [0.15, 0.2) is 59.6 Å². The van der Waals surface area contributed by atoms with Crippen LogP contribution in [0.1, 0.15) is 5.56 Å². The summed E-state index contributed by atoms with van der Waals surface area (Å²) in [4.78, 5) is 12.1. The number of methoxy groups -OCH3 is 2. The van der Waals surface area contributed by atoms with Crippen molar-refractivity contribution in [2.75, 3.05) is 25.3 Å². The van der Waals surface area contributed by atoms with Crippen LogP contribution in [0, 0.1) is 0 Å². The van der Waals surface area contributed by atoms with Crippen molar-refractivity contribution in [1.29, 1.82) is 0 Å². The largest absolute Gasteiger partial charge is 0.497 e. The molecule has 0 radical (unpaired) electrons. The molecule has 162 valence electrons. The van der Waals surface area contributed by atoms with E-state index in [1.807, 2.05) is 0 Å². The third-order valence-electron chi connectivity index (χ3n) is 4.15. The number of rotatable bonds is 7. The number of nitrogens with zero attached hydrogens (tertiary/aromatic N) is 2. The highest BCUT2D eigenvalue weighted by Crippen LogP contribution is 2.33. The number of hydrogen-bond acceptors (Lipinski definition) is 6. The molecule has 31 heavy (non-hydrogen) atoms. The summed E-state index contributed by atoms with van der Waals surface area (Å²) in [5.74, 6) is 0.759. The number of halogens is 3. The number of carbonyl (C=O) groups is 1. The Hall–Kier alpha value is -3.27. The van der Waals surface area contributed by atoms with Gasteiger partial charge in [-0.15, -0.1) is 10.2 Å². The van der Waals surface area contributed by atoms with Crippen molar-refractivity contribution in [2.24, 2.45) is 0 Å². The molecular formula is C21H18F3N3O3S. The van der Waals surface area contributed by atoms with Gasteiger partial charge in [-0.1, -0.05) is 17.8 Å². The summed E-state index contributed by atoms with van der Waals surface area (Å²) in [6, 6.07) is 13.2. The van der Waals surface area contributed by atoms with Crippen molar-refractivity contribution in [2.45, 2.75) is 11.2 Å². The minimum absolute atomic E-state index is 0.0350. The summed E-state index contributed by atoms with van der Waals surface area (Å²) in [6.45, 7) is 0. The number of aromatic nitrogens is 2. The van der Waals surface area contributed by atoms with Crippen LogP contribution < -0.4 is 14.8 Å². The molecule has 0 aliphatic carbocycles. The first kappa shape index (κ1) is 22.4. The third kappa shape index (κ3) is 5.88. The maximum atomic E-state index is 12.8. The predicted molar refractivity (Wildman–Crippen MR) is 111 cm³/mol. The number of amides is 1. The molecule has 10 heteroatoms. The summed E-state index contributed by atoms with van der Waals surface area (Å²) in [5.41, 5.74) is 0.515. The van der Waals surface area contributed by atoms with Gasteiger partial charge >= 0.3 is 6.18 Å². The van der Waals surface area contributed by atoms with Gasteiger partial charge in [0.15, 0.2) is 0 Å². The number of carbonyl (C=O) groups excluding carboxylic acids is 1. The zero-order chi connectivity index (χ0) is 22.4. The molecule has 1 N–H and O–H groups in total. The molecule has 3 rings (SSSR count). The molecule has 0 aliphatic rings. The highest BCUT2D eigenvalue weighted by atomic mass is 32.2. The molecule has 0 bridgehead atoms. The fourth-order valence-electron chi connectivity index (χ4n) is 2.66. The van der Waals surface area contributed by atoms with Gasteiger partial charge in [0.05, 0.1) is 31.2 Å². The number of alkyl halides is 3. The van der Waals surface area contributed by atoms with Gasteiger partial charge in [-0.25, -0.2) is 0 Å². The summed E-state index contributed by atoms with van der Waals surface area (Å²) >= 11 is 1.12. The molecule has 0 fully saturated rings. The molecule has 1 heterocycles. The van der Waals surface area contributed by atoms with Crippen LogP contribution in [0.5, 0.6) is 11.5 Å². The van der Waals surface area contributed by atoms with E-state index >= 15 is 0 Å². The molecule has 0 saturated heterocycles. The second-order valence-corrected chi connectivity index (χ2v) is 7.23. The Bertz CT molecular complexity index is 1060. The lowest BCUT2D eigenvalue weighted by Crippen LogP contribution is -2.15. The van der Waals surface area contributed by atoms with Crippen LogP contribution >= 0.6 is 11.8 Å². The molecule has 3 aromatic rings. The minimum Gasteiger partial charge on any atom is -0.497 e. The molecule has 0 unspecified atom stereocenters. The standard InChI is InChI=1S/C21H18F3N3O3S/c1-29-15-6-8-18(30-2)16(11-15)17-7-9-20(27-26-17)31-12-19(28)25-14-5-3-4-13(10-14)21(22,23)24/h3-11H,12H2,1-2H3,(H,25,28). The van der Waals surface area contributed by atoms with Crippen molar-refractivity contribution in [3.63, 3.8) is 0 Å². The number of ether oxygens (including phenoxy) is 2. The van der Waals surface area contributed by atoms with Crippen LogP contribution in [0.2, 0.25) is 0 Å². The van der Waals surface area contributed by atoms with E-state index in [1.54, 1.807) is 44.6 Å². The minimum atomic E-state index is -4.47. The number of thioether (sulfide) groups is 1. The molecule has 2 aromatic carbocycles. The number of hydrogen-bond donors (Lipinski definition) is 1. The van der Waals surface area contributed by atoms with Crippen LogP contribution in [0.3, 0.4) is 0 Å². The molecule has 1 aromatic heterocycles. The SMILES string of the molecule is COc1ccc(OC)c(-c2ccc(SCC(=O)Nc3cccc(C(F)(F)F)c3)nn2)c1. The third-order valence-corrected chi connectivity index (χ3v) is 5.07. The molecule has 0 aliphatic heterocycles. The van der Waals surface area contributed by atoms with Gasteiger partial charge < -0.3 is 14.8 Å². The molecule has 6 nitrogen and oxygen atoms in total. The maximum Gasteiger partial charge on any atom is 0.416 e. The number of nitrogens with one attached hydrogen (secondary N) is 1. The first-order valence-corrected chi connectivity index (χ1v) is 9.95. The molecule has 1 amide bonds. The highest BCUT2D eigenvalue weighted by Gasteiger charge is 2.30. The lowest BCUT2D eigenvalue weighted by atomic mass is 10.1. The first-order chi connectivity index (χ1) is 14.8. The van der Waals surface area contributed by atoms with E-state index in [0.717, 1.165) is 23.9 Å². The molecule has 0 saturated carbocycles. The lowest BCUT2D eigenvalue weighted by molar-refractivity contribution is -0.137. The summed E-state index contributed by atoms with van der Waals surface area (Å²) < 4.78 is 48.9. The smallest absolute Gasteiger partial charge is 0.416 e. The Balaban J connectivity index is 1.63. The fraction of sp³-hybridized carbons (Fsp3) is 0.190.